The molecule has 0 rings (SSSR count). The smallest absolute Gasteiger partial charge is 0.220 e. The average Bonchev–Trinajstić information content (AvgIpc) is 3.13. The third-order valence-electron chi connectivity index (χ3n) is 10.6. The van der Waals surface area contributed by atoms with E-state index in [9.17, 15) is 14.7 Å². The molecule has 54 heavy (non-hydrogen) atoms. The first-order valence-electron chi connectivity index (χ1n) is 23.5. The number of hydrogen-bond donors (Lipinski definition) is 3. The number of ether oxygens (including phenoxy) is 2. The lowest BCUT2D eigenvalue weighted by molar-refractivity contribution is -0.133. The SMILES string of the molecule is CCCCCCCCCCCCCCCCCC(=O)NCC(CNC(=O)CCCCCCCCCCCCCCCCC)OCC(C)(C)OCC(C)(C)O. The zero-order chi connectivity index (χ0) is 40.0. The first kappa shape index (κ1) is 52.8. The highest BCUT2D eigenvalue weighted by molar-refractivity contribution is 5.76. The summed E-state index contributed by atoms with van der Waals surface area (Å²) in [7, 11) is 0. The molecule has 0 saturated carbocycles. The summed E-state index contributed by atoms with van der Waals surface area (Å²) in [4.78, 5) is 25.4. The van der Waals surface area contributed by atoms with E-state index in [0.717, 1.165) is 25.7 Å². The van der Waals surface area contributed by atoms with Gasteiger partial charge in [0.05, 0.1) is 30.5 Å². The number of nitrogens with one attached hydrogen (secondary N) is 2. The molecule has 0 saturated heterocycles. The summed E-state index contributed by atoms with van der Waals surface area (Å²) >= 11 is 0. The van der Waals surface area contributed by atoms with Crippen molar-refractivity contribution in [3.8, 4) is 0 Å². The van der Waals surface area contributed by atoms with Gasteiger partial charge in [0, 0.05) is 25.9 Å². The third-order valence-corrected chi connectivity index (χ3v) is 10.6. The van der Waals surface area contributed by atoms with E-state index in [1.54, 1.807) is 13.8 Å². The molecule has 0 fully saturated rings. The number of aliphatic hydroxyl groups is 1. The summed E-state index contributed by atoms with van der Waals surface area (Å²) < 4.78 is 12.1. The molecule has 0 bridgehead atoms. The largest absolute Gasteiger partial charge is 0.388 e. The minimum atomic E-state index is -0.932. The van der Waals surface area contributed by atoms with Crippen LogP contribution in [-0.4, -0.2) is 60.5 Å². The van der Waals surface area contributed by atoms with Gasteiger partial charge in [0.1, 0.15) is 0 Å². The molecule has 0 aromatic heterocycles. The molecule has 7 heteroatoms. The van der Waals surface area contributed by atoms with Gasteiger partial charge in [-0.3, -0.25) is 9.59 Å². The van der Waals surface area contributed by atoms with Crippen molar-refractivity contribution in [1.29, 1.82) is 0 Å². The fourth-order valence-corrected chi connectivity index (χ4v) is 6.87. The van der Waals surface area contributed by atoms with Gasteiger partial charge in [-0.1, -0.05) is 194 Å². The Balaban J connectivity index is 4.23. The molecular weight excluding hydrogens is 673 g/mol. The summed E-state index contributed by atoms with van der Waals surface area (Å²) in [5.41, 5.74) is -1.55. The Hall–Kier alpha value is -1.18. The first-order valence-corrected chi connectivity index (χ1v) is 23.5. The van der Waals surface area contributed by atoms with Crippen LogP contribution in [0.5, 0.6) is 0 Å². The normalized spacial score (nSPS) is 12.1. The molecule has 0 heterocycles. The van der Waals surface area contributed by atoms with Gasteiger partial charge < -0.3 is 25.2 Å². The van der Waals surface area contributed by atoms with E-state index in [0.29, 0.717) is 25.9 Å². The van der Waals surface area contributed by atoms with Gasteiger partial charge in [-0.2, -0.15) is 0 Å². The van der Waals surface area contributed by atoms with E-state index in [1.165, 1.54) is 167 Å². The lowest BCUT2D eigenvalue weighted by atomic mass is 10.0. The first-order chi connectivity index (χ1) is 26.0. The van der Waals surface area contributed by atoms with Crippen molar-refractivity contribution in [3.63, 3.8) is 0 Å². The second kappa shape index (κ2) is 37.4. The van der Waals surface area contributed by atoms with Crippen molar-refractivity contribution < 1.29 is 24.2 Å². The summed E-state index contributed by atoms with van der Waals surface area (Å²) in [5, 5.41) is 16.2. The maximum absolute atomic E-state index is 12.7. The summed E-state index contributed by atoms with van der Waals surface area (Å²) in [5.74, 6) is 0.0833. The predicted molar refractivity (Wildman–Crippen MR) is 231 cm³/mol. The molecule has 0 aliphatic heterocycles. The average molecular weight is 767 g/mol. The summed E-state index contributed by atoms with van der Waals surface area (Å²) in [6.45, 7) is 13.0. The number of amides is 2. The molecule has 0 aliphatic carbocycles. The molecule has 0 atom stereocenters. The Morgan fingerprint density at radius 2 is 0.741 bits per heavy atom. The number of unbranched alkanes of at least 4 members (excludes halogenated alkanes) is 28. The van der Waals surface area contributed by atoms with Gasteiger partial charge in [0.2, 0.25) is 11.8 Å². The Labute approximate surface area is 336 Å². The van der Waals surface area contributed by atoms with E-state index < -0.39 is 11.2 Å². The molecule has 0 unspecified atom stereocenters. The van der Waals surface area contributed by atoms with Crippen molar-refractivity contribution in [2.75, 3.05) is 26.3 Å². The maximum Gasteiger partial charge on any atom is 0.220 e. The fourth-order valence-electron chi connectivity index (χ4n) is 6.87. The molecule has 3 N–H and O–H groups in total. The van der Waals surface area contributed by atoms with E-state index in [1.807, 2.05) is 13.8 Å². The number of hydrogen-bond acceptors (Lipinski definition) is 5. The van der Waals surface area contributed by atoms with Gasteiger partial charge in [-0.25, -0.2) is 0 Å². The topological polar surface area (TPSA) is 96.9 Å². The van der Waals surface area contributed by atoms with Crippen LogP contribution in [-0.2, 0) is 19.1 Å². The van der Waals surface area contributed by atoms with Crippen molar-refractivity contribution in [2.24, 2.45) is 0 Å². The Morgan fingerprint density at radius 1 is 0.463 bits per heavy atom. The zero-order valence-electron chi connectivity index (χ0n) is 37.1. The van der Waals surface area contributed by atoms with Crippen LogP contribution in [0.2, 0.25) is 0 Å². The highest BCUT2D eigenvalue weighted by Crippen LogP contribution is 2.17. The van der Waals surface area contributed by atoms with Crippen molar-refractivity contribution in [3.05, 3.63) is 0 Å². The Bertz CT molecular complexity index is 777. The molecule has 0 aromatic carbocycles. The Morgan fingerprint density at radius 3 is 1.02 bits per heavy atom. The van der Waals surface area contributed by atoms with Crippen LogP contribution < -0.4 is 10.6 Å². The fraction of sp³-hybridized carbons (Fsp3) is 0.957. The van der Waals surface area contributed by atoms with Crippen molar-refractivity contribution in [2.45, 2.75) is 264 Å². The standard InChI is InChI=1S/C47H94N2O5/c1-7-9-11-13-15-17-19-21-23-25-27-29-31-33-35-37-44(50)48-39-43(53-42-47(5,6)54-41-46(3,4)52)40-49-45(51)38-36-34-32-30-28-26-24-22-20-18-16-14-12-10-8-2/h43,52H,7-42H2,1-6H3,(H,48,50)(H,49,51). The van der Waals surface area contributed by atoms with Crippen LogP contribution in [0.3, 0.4) is 0 Å². The van der Waals surface area contributed by atoms with Crippen LogP contribution in [0, 0.1) is 0 Å². The molecule has 0 radical (unpaired) electrons. The molecule has 0 aromatic rings. The Kier molecular flexibility index (Phi) is 36.6. The monoisotopic (exact) mass is 767 g/mol. The minimum Gasteiger partial charge on any atom is -0.388 e. The minimum absolute atomic E-state index is 0.0416. The van der Waals surface area contributed by atoms with Crippen LogP contribution in [0.4, 0.5) is 0 Å². The van der Waals surface area contributed by atoms with Crippen LogP contribution >= 0.6 is 0 Å². The molecule has 2 amide bonds. The van der Waals surface area contributed by atoms with Gasteiger partial charge in [0.15, 0.2) is 0 Å². The lowest BCUT2D eigenvalue weighted by Crippen LogP contribution is -2.45. The van der Waals surface area contributed by atoms with Gasteiger partial charge >= 0.3 is 0 Å². The number of rotatable bonds is 42. The molecule has 322 valence electrons. The number of carbonyl (C=O) groups excluding carboxylic acids is 2. The molecule has 0 spiro atoms. The molecular formula is C47H94N2O5. The van der Waals surface area contributed by atoms with Gasteiger partial charge in [0.25, 0.3) is 0 Å². The quantitative estimate of drug-likeness (QED) is 0.0538. The lowest BCUT2D eigenvalue weighted by Gasteiger charge is -2.31. The summed E-state index contributed by atoms with van der Waals surface area (Å²) in [6, 6.07) is 0. The number of carbonyl (C=O) groups is 2. The van der Waals surface area contributed by atoms with Gasteiger partial charge in [-0.15, -0.1) is 0 Å². The van der Waals surface area contributed by atoms with Crippen molar-refractivity contribution >= 4 is 11.8 Å². The zero-order valence-corrected chi connectivity index (χ0v) is 37.1. The van der Waals surface area contributed by atoms with Crippen LogP contribution in [0.25, 0.3) is 0 Å². The van der Waals surface area contributed by atoms with Gasteiger partial charge in [-0.05, 0) is 40.5 Å². The second-order valence-electron chi connectivity index (χ2n) is 17.8. The van der Waals surface area contributed by atoms with Crippen molar-refractivity contribution in [1.82, 2.24) is 10.6 Å². The van der Waals surface area contributed by atoms with E-state index >= 15 is 0 Å². The highest BCUT2D eigenvalue weighted by atomic mass is 16.6. The van der Waals surface area contributed by atoms with E-state index in [2.05, 4.69) is 24.5 Å². The van der Waals surface area contributed by atoms with E-state index in [4.69, 9.17) is 9.47 Å². The third kappa shape index (κ3) is 40.5. The van der Waals surface area contributed by atoms with Crippen LogP contribution in [0.15, 0.2) is 0 Å². The second-order valence-corrected chi connectivity index (χ2v) is 17.8. The summed E-state index contributed by atoms with van der Waals surface area (Å²) in [6.07, 6.45) is 39.9. The van der Waals surface area contributed by atoms with Crippen LogP contribution in [0.1, 0.15) is 247 Å². The predicted octanol–water partition coefficient (Wildman–Crippen LogP) is 12.7. The molecule has 0 aliphatic rings. The molecule has 7 nitrogen and oxygen atoms in total. The highest BCUT2D eigenvalue weighted by Gasteiger charge is 2.25. The maximum atomic E-state index is 12.7. The van der Waals surface area contributed by atoms with E-state index in [-0.39, 0.29) is 31.1 Å².